The standard InChI is InChI=1S/C10H4BrClF2N2O2/c11-4-1-6(14)7(2-5(4)13)16-9(17)3-8(12)15-10(16)18/h1-3H,(H,15,18). The molecule has 0 saturated heterocycles. The Morgan fingerprint density at radius 2 is 1.83 bits per heavy atom. The molecule has 18 heavy (non-hydrogen) atoms. The second kappa shape index (κ2) is 4.66. The molecule has 0 fully saturated rings. The van der Waals surface area contributed by atoms with Gasteiger partial charge in [-0.05, 0) is 22.0 Å². The lowest BCUT2D eigenvalue weighted by molar-refractivity contribution is 0.583. The molecule has 0 bridgehead atoms. The SMILES string of the molecule is O=c1cc(Cl)[nH]c(=O)n1-c1cc(F)c(Br)cc1F. The summed E-state index contributed by atoms with van der Waals surface area (Å²) in [6.07, 6.45) is 0. The Morgan fingerprint density at radius 1 is 1.17 bits per heavy atom. The van der Waals surface area contributed by atoms with E-state index in [-0.39, 0.29) is 9.63 Å². The number of nitrogens with one attached hydrogen (secondary N) is 1. The highest BCUT2D eigenvalue weighted by molar-refractivity contribution is 9.10. The number of aromatic nitrogens is 2. The summed E-state index contributed by atoms with van der Waals surface area (Å²) in [6.45, 7) is 0. The fourth-order valence-electron chi connectivity index (χ4n) is 1.38. The van der Waals surface area contributed by atoms with Crippen LogP contribution < -0.4 is 11.2 Å². The highest BCUT2D eigenvalue weighted by atomic mass is 79.9. The van der Waals surface area contributed by atoms with E-state index in [2.05, 4.69) is 20.9 Å². The minimum absolute atomic E-state index is 0.109. The molecule has 1 aromatic carbocycles. The lowest BCUT2D eigenvalue weighted by atomic mass is 10.3. The van der Waals surface area contributed by atoms with Gasteiger partial charge in [0.15, 0.2) is 0 Å². The monoisotopic (exact) mass is 336 g/mol. The molecule has 0 aliphatic heterocycles. The van der Waals surface area contributed by atoms with Crippen LogP contribution in [-0.4, -0.2) is 9.55 Å². The number of nitrogens with zero attached hydrogens (tertiary/aromatic N) is 1. The van der Waals surface area contributed by atoms with Gasteiger partial charge in [-0.1, -0.05) is 11.6 Å². The zero-order valence-electron chi connectivity index (χ0n) is 8.51. The smallest absolute Gasteiger partial charge is 0.297 e. The third kappa shape index (κ3) is 2.23. The summed E-state index contributed by atoms with van der Waals surface area (Å²) in [5.41, 5.74) is -2.30. The number of aromatic amines is 1. The topological polar surface area (TPSA) is 54.9 Å². The molecule has 1 aromatic heterocycles. The normalized spacial score (nSPS) is 10.7. The van der Waals surface area contributed by atoms with Crippen LogP contribution in [0.25, 0.3) is 5.69 Å². The first-order valence-corrected chi connectivity index (χ1v) is 5.74. The fraction of sp³-hybridized carbons (Fsp3) is 0. The van der Waals surface area contributed by atoms with Crippen molar-refractivity contribution in [3.8, 4) is 5.69 Å². The highest BCUT2D eigenvalue weighted by Gasteiger charge is 2.14. The van der Waals surface area contributed by atoms with E-state index in [4.69, 9.17) is 11.6 Å². The van der Waals surface area contributed by atoms with Gasteiger partial charge in [0.2, 0.25) is 0 Å². The maximum absolute atomic E-state index is 13.6. The first-order chi connectivity index (χ1) is 8.40. The average molecular weight is 338 g/mol. The van der Waals surface area contributed by atoms with E-state index in [0.29, 0.717) is 4.57 Å². The molecule has 0 unspecified atom stereocenters. The second-order valence-electron chi connectivity index (χ2n) is 3.31. The lowest BCUT2D eigenvalue weighted by Crippen LogP contribution is -2.33. The molecular weight excluding hydrogens is 333 g/mol. The molecule has 0 atom stereocenters. The van der Waals surface area contributed by atoms with E-state index < -0.39 is 28.6 Å². The second-order valence-corrected chi connectivity index (χ2v) is 4.58. The van der Waals surface area contributed by atoms with Gasteiger partial charge in [-0.15, -0.1) is 0 Å². The van der Waals surface area contributed by atoms with Gasteiger partial charge in [-0.3, -0.25) is 9.78 Å². The lowest BCUT2D eigenvalue weighted by Gasteiger charge is -2.06. The zero-order valence-corrected chi connectivity index (χ0v) is 10.8. The molecule has 0 saturated carbocycles. The van der Waals surface area contributed by atoms with E-state index in [9.17, 15) is 18.4 Å². The Bertz CT molecular complexity index is 710. The van der Waals surface area contributed by atoms with E-state index >= 15 is 0 Å². The maximum Gasteiger partial charge on any atom is 0.334 e. The number of H-pyrrole nitrogens is 1. The van der Waals surface area contributed by atoms with Crippen molar-refractivity contribution in [2.75, 3.05) is 0 Å². The summed E-state index contributed by atoms with van der Waals surface area (Å²) in [5.74, 6) is -1.72. The molecule has 1 heterocycles. The number of hydrogen-bond donors (Lipinski definition) is 1. The van der Waals surface area contributed by atoms with Crippen LogP contribution in [0.5, 0.6) is 0 Å². The number of halogens is 4. The first kappa shape index (κ1) is 13.0. The van der Waals surface area contributed by atoms with Crippen molar-refractivity contribution in [2.24, 2.45) is 0 Å². The third-order valence-corrected chi connectivity index (χ3v) is 2.94. The van der Waals surface area contributed by atoms with Gasteiger partial charge < -0.3 is 0 Å². The van der Waals surface area contributed by atoms with Crippen molar-refractivity contribution in [3.05, 3.63) is 60.3 Å². The Hall–Kier alpha value is -1.47. The highest BCUT2D eigenvalue weighted by Crippen LogP contribution is 2.21. The summed E-state index contributed by atoms with van der Waals surface area (Å²) in [5, 5.41) is -0.181. The minimum Gasteiger partial charge on any atom is -0.297 e. The maximum atomic E-state index is 13.6. The molecule has 0 amide bonds. The molecule has 0 spiro atoms. The molecule has 94 valence electrons. The van der Waals surface area contributed by atoms with Gasteiger partial charge in [-0.2, -0.15) is 0 Å². The van der Waals surface area contributed by atoms with Crippen LogP contribution in [0.3, 0.4) is 0 Å². The summed E-state index contributed by atoms with van der Waals surface area (Å²) < 4.78 is 27.3. The van der Waals surface area contributed by atoms with Crippen LogP contribution in [0.15, 0.2) is 32.3 Å². The van der Waals surface area contributed by atoms with Gasteiger partial charge in [0, 0.05) is 12.1 Å². The summed E-state index contributed by atoms with van der Waals surface area (Å²) in [4.78, 5) is 25.2. The van der Waals surface area contributed by atoms with Crippen LogP contribution in [0, 0.1) is 11.6 Å². The Labute approximate surface area is 112 Å². The van der Waals surface area contributed by atoms with Gasteiger partial charge in [0.1, 0.15) is 16.8 Å². The summed E-state index contributed by atoms with van der Waals surface area (Å²) >= 11 is 8.25. The number of hydrogen-bond acceptors (Lipinski definition) is 2. The Balaban J connectivity index is 2.82. The summed E-state index contributed by atoms with van der Waals surface area (Å²) in [6, 6.07) is 2.46. The minimum atomic E-state index is -0.951. The number of rotatable bonds is 1. The third-order valence-electron chi connectivity index (χ3n) is 2.13. The predicted octanol–water partition coefficient (Wildman–Crippen LogP) is 2.22. The van der Waals surface area contributed by atoms with Crippen LogP contribution in [-0.2, 0) is 0 Å². The van der Waals surface area contributed by atoms with E-state index in [1.54, 1.807) is 0 Å². The largest absolute Gasteiger partial charge is 0.334 e. The van der Waals surface area contributed by atoms with E-state index in [1.807, 2.05) is 0 Å². The van der Waals surface area contributed by atoms with Crippen molar-refractivity contribution in [1.82, 2.24) is 9.55 Å². The van der Waals surface area contributed by atoms with Gasteiger partial charge >= 0.3 is 5.69 Å². The van der Waals surface area contributed by atoms with E-state index in [1.165, 1.54) is 0 Å². The Morgan fingerprint density at radius 3 is 2.44 bits per heavy atom. The van der Waals surface area contributed by atoms with Crippen LogP contribution in [0.2, 0.25) is 5.15 Å². The van der Waals surface area contributed by atoms with Crippen molar-refractivity contribution < 1.29 is 8.78 Å². The van der Waals surface area contributed by atoms with Crippen LogP contribution in [0.4, 0.5) is 8.78 Å². The summed E-state index contributed by atoms with van der Waals surface area (Å²) in [7, 11) is 0. The van der Waals surface area contributed by atoms with Crippen LogP contribution >= 0.6 is 27.5 Å². The Kier molecular flexibility index (Phi) is 3.36. The fourth-order valence-corrected chi connectivity index (χ4v) is 1.87. The average Bonchev–Trinajstić information content (AvgIpc) is 2.24. The molecule has 4 nitrogen and oxygen atoms in total. The van der Waals surface area contributed by atoms with E-state index in [0.717, 1.165) is 18.2 Å². The quantitative estimate of drug-likeness (QED) is 0.641. The van der Waals surface area contributed by atoms with Gasteiger partial charge in [0.25, 0.3) is 5.56 Å². The van der Waals surface area contributed by atoms with Crippen molar-refractivity contribution >= 4 is 27.5 Å². The van der Waals surface area contributed by atoms with Crippen molar-refractivity contribution in [2.45, 2.75) is 0 Å². The molecule has 8 heteroatoms. The number of benzene rings is 1. The molecule has 1 N–H and O–H groups in total. The molecular formula is C10H4BrClF2N2O2. The molecule has 0 radical (unpaired) electrons. The predicted molar refractivity (Wildman–Crippen MR) is 65.3 cm³/mol. The van der Waals surface area contributed by atoms with Crippen molar-refractivity contribution in [3.63, 3.8) is 0 Å². The van der Waals surface area contributed by atoms with Crippen LogP contribution in [0.1, 0.15) is 0 Å². The zero-order chi connectivity index (χ0) is 13.4. The molecule has 0 aliphatic carbocycles. The van der Waals surface area contributed by atoms with Gasteiger partial charge in [0.05, 0.1) is 10.2 Å². The molecule has 2 aromatic rings. The molecule has 0 aliphatic rings. The van der Waals surface area contributed by atoms with Crippen molar-refractivity contribution in [1.29, 1.82) is 0 Å². The van der Waals surface area contributed by atoms with Gasteiger partial charge in [-0.25, -0.2) is 18.1 Å². The first-order valence-electron chi connectivity index (χ1n) is 4.57. The molecule has 2 rings (SSSR count).